The third-order valence-corrected chi connectivity index (χ3v) is 5.55. The fourth-order valence-electron chi connectivity index (χ4n) is 2.64. The summed E-state index contributed by atoms with van der Waals surface area (Å²) in [6.07, 6.45) is 4.24. The first kappa shape index (κ1) is 15.4. The predicted molar refractivity (Wildman–Crippen MR) is 80.0 cm³/mol. The number of aryl methyl sites for hydroxylation is 1. The molecule has 0 spiro atoms. The predicted octanol–water partition coefficient (Wildman–Crippen LogP) is 0.885. The molecule has 0 radical (unpaired) electrons. The molecule has 1 atom stereocenters. The lowest BCUT2D eigenvalue weighted by Crippen LogP contribution is -2.43. The topological polar surface area (TPSA) is 62.3 Å². The summed E-state index contributed by atoms with van der Waals surface area (Å²) in [5.74, 6) is 0.578. The minimum absolute atomic E-state index is 0.149. The Balaban J connectivity index is 1.92. The van der Waals surface area contributed by atoms with Crippen LogP contribution in [0.1, 0.15) is 18.5 Å². The molecule has 1 N–H and O–H groups in total. The molecule has 1 aliphatic heterocycles. The van der Waals surface area contributed by atoms with Gasteiger partial charge in [-0.2, -0.15) is 0 Å². The first-order chi connectivity index (χ1) is 9.62. The van der Waals surface area contributed by atoms with E-state index < -0.39 is 10.0 Å². The Morgan fingerprint density at radius 1 is 1.45 bits per heavy atom. The number of pyridine rings is 1. The van der Waals surface area contributed by atoms with Crippen LogP contribution >= 0.6 is 0 Å². The number of rotatable bonds is 6. The molecule has 1 fully saturated rings. The molecule has 2 rings (SSSR count). The second kappa shape index (κ2) is 7.15. The van der Waals surface area contributed by atoms with Gasteiger partial charge in [0.05, 0.1) is 5.75 Å². The highest BCUT2D eigenvalue weighted by atomic mass is 32.2. The van der Waals surface area contributed by atoms with Crippen LogP contribution in [0, 0.1) is 5.92 Å². The Hall–Kier alpha value is -0.980. The van der Waals surface area contributed by atoms with Gasteiger partial charge >= 0.3 is 0 Å². The zero-order valence-corrected chi connectivity index (χ0v) is 12.8. The van der Waals surface area contributed by atoms with Gasteiger partial charge in [-0.15, -0.1) is 0 Å². The first-order valence-corrected chi connectivity index (χ1v) is 8.75. The molecule has 1 aromatic heterocycles. The quantitative estimate of drug-likeness (QED) is 0.847. The molecular weight excluding hydrogens is 274 g/mol. The third kappa shape index (κ3) is 4.26. The van der Waals surface area contributed by atoms with Gasteiger partial charge in [0.15, 0.2) is 0 Å². The molecule has 1 unspecified atom stereocenters. The number of nitrogens with zero attached hydrogens (tertiary/aromatic N) is 2. The van der Waals surface area contributed by atoms with Crippen LogP contribution in [0.5, 0.6) is 0 Å². The van der Waals surface area contributed by atoms with Crippen LogP contribution in [0.25, 0.3) is 0 Å². The van der Waals surface area contributed by atoms with Crippen molar-refractivity contribution >= 4 is 10.0 Å². The van der Waals surface area contributed by atoms with Gasteiger partial charge < -0.3 is 5.32 Å². The van der Waals surface area contributed by atoms with Gasteiger partial charge in [0.25, 0.3) is 0 Å². The van der Waals surface area contributed by atoms with Gasteiger partial charge in [0.2, 0.25) is 10.0 Å². The molecule has 1 aliphatic rings. The number of piperidine rings is 1. The van der Waals surface area contributed by atoms with Gasteiger partial charge in [0, 0.05) is 31.4 Å². The second-order valence-electron chi connectivity index (χ2n) is 5.31. The number of aromatic nitrogens is 1. The summed E-state index contributed by atoms with van der Waals surface area (Å²) in [6, 6.07) is 5.60. The Morgan fingerprint density at radius 2 is 2.30 bits per heavy atom. The van der Waals surface area contributed by atoms with Crippen molar-refractivity contribution in [2.45, 2.75) is 19.3 Å². The molecule has 0 aromatic carbocycles. The van der Waals surface area contributed by atoms with E-state index in [1.165, 1.54) is 0 Å². The largest absolute Gasteiger partial charge is 0.319 e. The molecule has 2 heterocycles. The Kier molecular flexibility index (Phi) is 5.51. The molecule has 5 nitrogen and oxygen atoms in total. The smallest absolute Gasteiger partial charge is 0.214 e. The Bertz CT molecular complexity index is 502. The lowest BCUT2D eigenvalue weighted by atomic mass is 10.00. The van der Waals surface area contributed by atoms with Crippen LogP contribution in [0.15, 0.2) is 24.4 Å². The summed E-state index contributed by atoms with van der Waals surface area (Å²) in [4.78, 5) is 4.18. The maximum absolute atomic E-state index is 12.4. The van der Waals surface area contributed by atoms with Gasteiger partial charge in [-0.1, -0.05) is 6.07 Å². The normalized spacial score (nSPS) is 20.9. The SMILES string of the molecule is CNCC1CCCN(S(=O)(=O)CCc2ccccn2)C1. The molecule has 20 heavy (non-hydrogen) atoms. The highest BCUT2D eigenvalue weighted by molar-refractivity contribution is 7.89. The fourth-order valence-corrected chi connectivity index (χ4v) is 4.21. The van der Waals surface area contributed by atoms with Crippen molar-refractivity contribution in [2.24, 2.45) is 5.92 Å². The zero-order chi connectivity index (χ0) is 14.4. The van der Waals surface area contributed by atoms with Crippen LogP contribution in [-0.4, -0.2) is 50.1 Å². The van der Waals surface area contributed by atoms with Gasteiger partial charge in [0.1, 0.15) is 0 Å². The van der Waals surface area contributed by atoms with Crippen molar-refractivity contribution in [1.82, 2.24) is 14.6 Å². The Morgan fingerprint density at radius 3 is 3.00 bits per heavy atom. The average molecular weight is 297 g/mol. The van der Waals surface area contributed by atoms with Crippen LogP contribution < -0.4 is 5.32 Å². The minimum Gasteiger partial charge on any atom is -0.319 e. The average Bonchev–Trinajstić information content (AvgIpc) is 2.47. The summed E-state index contributed by atoms with van der Waals surface area (Å²) in [5.41, 5.74) is 0.833. The molecular formula is C14H23N3O2S. The molecule has 6 heteroatoms. The summed E-state index contributed by atoms with van der Waals surface area (Å²) in [5, 5.41) is 3.14. The van der Waals surface area contributed by atoms with E-state index >= 15 is 0 Å². The van der Waals surface area contributed by atoms with E-state index in [-0.39, 0.29) is 5.75 Å². The van der Waals surface area contributed by atoms with Crippen molar-refractivity contribution in [3.05, 3.63) is 30.1 Å². The highest BCUT2D eigenvalue weighted by Crippen LogP contribution is 2.19. The monoisotopic (exact) mass is 297 g/mol. The lowest BCUT2D eigenvalue weighted by molar-refractivity contribution is 0.263. The van der Waals surface area contributed by atoms with Gasteiger partial charge in [-0.05, 0) is 44.5 Å². The van der Waals surface area contributed by atoms with Crippen LogP contribution in [0.2, 0.25) is 0 Å². The van der Waals surface area contributed by atoms with Crippen LogP contribution in [-0.2, 0) is 16.4 Å². The molecule has 112 valence electrons. The highest BCUT2D eigenvalue weighted by Gasteiger charge is 2.28. The van der Waals surface area contributed by atoms with E-state index in [0.29, 0.717) is 25.4 Å². The van der Waals surface area contributed by atoms with E-state index in [2.05, 4.69) is 10.3 Å². The summed E-state index contributed by atoms with van der Waals surface area (Å²) >= 11 is 0. The Labute approximate surface area is 121 Å². The molecule has 0 bridgehead atoms. The second-order valence-corrected chi connectivity index (χ2v) is 7.40. The van der Waals surface area contributed by atoms with E-state index in [1.807, 2.05) is 25.2 Å². The minimum atomic E-state index is -3.17. The number of hydrogen-bond donors (Lipinski definition) is 1. The van der Waals surface area contributed by atoms with Crippen LogP contribution in [0.4, 0.5) is 0 Å². The molecule has 1 aromatic rings. The molecule has 0 saturated carbocycles. The van der Waals surface area contributed by atoms with E-state index in [9.17, 15) is 8.42 Å². The van der Waals surface area contributed by atoms with Crippen molar-refractivity contribution in [2.75, 3.05) is 32.4 Å². The third-order valence-electron chi connectivity index (χ3n) is 3.71. The summed E-state index contributed by atoms with van der Waals surface area (Å²) in [7, 11) is -1.26. The molecule has 0 aliphatic carbocycles. The zero-order valence-electron chi connectivity index (χ0n) is 12.0. The van der Waals surface area contributed by atoms with E-state index in [0.717, 1.165) is 25.1 Å². The van der Waals surface area contributed by atoms with Crippen molar-refractivity contribution in [3.63, 3.8) is 0 Å². The number of nitrogens with one attached hydrogen (secondary N) is 1. The maximum Gasteiger partial charge on any atom is 0.214 e. The number of sulfonamides is 1. The maximum atomic E-state index is 12.4. The van der Waals surface area contributed by atoms with Crippen molar-refractivity contribution < 1.29 is 8.42 Å². The standard InChI is InChI=1S/C14H23N3O2S/c1-15-11-13-5-4-9-17(12-13)20(18,19)10-7-14-6-2-3-8-16-14/h2-3,6,8,13,15H,4-5,7,9-12H2,1H3. The summed E-state index contributed by atoms with van der Waals surface area (Å²) < 4.78 is 26.4. The number of hydrogen-bond acceptors (Lipinski definition) is 4. The molecule has 1 saturated heterocycles. The first-order valence-electron chi connectivity index (χ1n) is 7.14. The van der Waals surface area contributed by atoms with Crippen LogP contribution in [0.3, 0.4) is 0 Å². The van der Waals surface area contributed by atoms with Crippen molar-refractivity contribution in [3.8, 4) is 0 Å². The van der Waals surface area contributed by atoms with E-state index in [1.54, 1.807) is 10.5 Å². The van der Waals surface area contributed by atoms with Crippen molar-refractivity contribution in [1.29, 1.82) is 0 Å². The fraction of sp³-hybridized carbons (Fsp3) is 0.643. The lowest BCUT2D eigenvalue weighted by Gasteiger charge is -2.31. The van der Waals surface area contributed by atoms with E-state index in [4.69, 9.17) is 0 Å². The van der Waals surface area contributed by atoms with Gasteiger partial charge in [-0.25, -0.2) is 12.7 Å². The summed E-state index contributed by atoms with van der Waals surface area (Å²) in [6.45, 7) is 2.18. The van der Waals surface area contributed by atoms with Gasteiger partial charge in [-0.3, -0.25) is 4.98 Å². The molecule has 0 amide bonds.